The van der Waals surface area contributed by atoms with Crippen molar-refractivity contribution in [2.24, 2.45) is 0 Å². The van der Waals surface area contributed by atoms with Gasteiger partial charge in [-0.05, 0) is 37.1 Å². The van der Waals surface area contributed by atoms with Crippen molar-refractivity contribution in [2.45, 2.75) is 38.8 Å². The van der Waals surface area contributed by atoms with Gasteiger partial charge in [0.25, 0.3) is 0 Å². The second-order valence-electron chi connectivity index (χ2n) is 6.64. The van der Waals surface area contributed by atoms with Crippen LogP contribution in [0.15, 0.2) is 36.9 Å². The number of imidazole rings is 1. The van der Waals surface area contributed by atoms with Gasteiger partial charge in [0.2, 0.25) is 0 Å². The van der Waals surface area contributed by atoms with Crippen LogP contribution >= 0.6 is 0 Å². The number of nitrogens with one attached hydrogen (secondary N) is 2. The number of benzene rings is 1. The van der Waals surface area contributed by atoms with Crippen molar-refractivity contribution in [3.05, 3.63) is 48.0 Å². The fourth-order valence-electron chi connectivity index (χ4n) is 3.50. The molecule has 1 aliphatic heterocycles. The number of likely N-dealkylation sites (tertiary alicyclic amines) is 1. The molecule has 0 amide bonds. The SMILES string of the molecule is c1ccc(CN2CCCCCC2)c(CNc2ncnc3nc[nH]c23)c1. The molecule has 2 aromatic heterocycles. The number of anilines is 1. The van der Waals surface area contributed by atoms with Crippen molar-refractivity contribution in [1.82, 2.24) is 24.8 Å². The van der Waals surface area contributed by atoms with Crippen LogP contribution < -0.4 is 5.32 Å². The van der Waals surface area contributed by atoms with E-state index in [-0.39, 0.29) is 0 Å². The van der Waals surface area contributed by atoms with Gasteiger partial charge >= 0.3 is 0 Å². The van der Waals surface area contributed by atoms with Gasteiger partial charge in [0, 0.05) is 13.1 Å². The Labute approximate surface area is 147 Å². The largest absolute Gasteiger partial charge is 0.364 e. The number of rotatable bonds is 5. The van der Waals surface area contributed by atoms with Gasteiger partial charge in [0.15, 0.2) is 11.5 Å². The van der Waals surface area contributed by atoms with Crippen LogP contribution in [0.25, 0.3) is 11.2 Å². The molecule has 0 spiro atoms. The number of nitrogens with zero attached hydrogens (tertiary/aromatic N) is 4. The van der Waals surface area contributed by atoms with Crippen LogP contribution in [-0.2, 0) is 13.1 Å². The molecule has 0 radical (unpaired) electrons. The summed E-state index contributed by atoms with van der Waals surface area (Å²) in [6.45, 7) is 4.20. The highest BCUT2D eigenvalue weighted by Gasteiger charge is 2.12. The molecule has 0 atom stereocenters. The van der Waals surface area contributed by atoms with Gasteiger partial charge in [-0.15, -0.1) is 0 Å². The van der Waals surface area contributed by atoms with E-state index in [1.54, 1.807) is 12.7 Å². The molecule has 1 aliphatic rings. The zero-order chi connectivity index (χ0) is 16.9. The van der Waals surface area contributed by atoms with Crippen molar-refractivity contribution in [3.8, 4) is 0 Å². The lowest BCUT2D eigenvalue weighted by atomic mass is 10.1. The number of aromatic nitrogens is 4. The molecule has 0 bridgehead atoms. The fourth-order valence-corrected chi connectivity index (χ4v) is 3.50. The number of hydrogen-bond acceptors (Lipinski definition) is 5. The summed E-state index contributed by atoms with van der Waals surface area (Å²) in [4.78, 5) is 18.4. The van der Waals surface area contributed by atoms with Crippen molar-refractivity contribution in [3.63, 3.8) is 0 Å². The highest BCUT2D eigenvalue weighted by molar-refractivity contribution is 5.81. The van der Waals surface area contributed by atoms with E-state index in [1.807, 2.05) is 0 Å². The van der Waals surface area contributed by atoms with Crippen LogP contribution in [0.2, 0.25) is 0 Å². The summed E-state index contributed by atoms with van der Waals surface area (Å²) in [5, 5.41) is 3.44. The Morgan fingerprint density at radius 3 is 2.60 bits per heavy atom. The van der Waals surface area contributed by atoms with Crippen molar-refractivity contribution in [1.29, 1.82) is 0 Å². The van der Waals surface area contributed by atoms with Crippen LogP contribution in [0.1, 0.15) is 36.8 Å². The predicted molar refractivity (Wildman–Crippen MR) is 99.2 cm³/mol. The molecule has 6 nitrogen and oxygen atoms in total. The van der Waals surface area contributed by atoms with Gasteiger partial charge in [-0.2, -0.15) is 0 Å². The van der Waals surface area contributed by atoms with E-state index >= 15 is 0 Å². The Morgan fingerprint density at radius 1 is 0.960 bits per heavy atom. The minimum atomic E-state index is 0.690. The number of aromatic amines is 1. The first-order chi connectivity index (χ1) is 12.4. The molecule has 4 rings (SSSR count). The third-order valence-corrected chi connectivity index (χ3v) is 4.88. The lowest BCUT2D eigenvalue weighted by Gasteiger charge is -2.21. The van der Waals surface area contributed by atoms with Gasteiger partial charge in [0.1, 0.15) is 11.8 Å². The summed E-state index contributed by atoms with van der Waals surface area (Å²) in [7, 11) is 0. The first-order valence-corrected chi connectivity index (χ1v) is 9.07. The number of hydrogen-bond donors (Lipinski definition) is 2. The zero-order valence-corrected chi connectivity index (χ0v) is 14.4. The van der Waals surface area contributed by atoms with E-state index in [9.17, 15) is 0 Å². The maximum atomic E-state index is 4.35. The minimum Gasteiger partial charge on any atom is -0.364 e. The molecule has 1 saturated heterocycles. The van der Waals surface area contributed by atoms with Crippen molar-refractivity contribution >= 4 is 17.0 Å². The monoisotopic (exact) mass is 336 g/mol. The lowest BCUT2D eigenvalue weighted by Crippen LogP contribution is -2.24. The van der Waals surface area contributed by atoms with E-state index < -0.39 is 0 Å². The van der Waals surface area contributed by atoms with Crippen LogP contribution in [0.5, 0.6) is 0 Å². The van der Waals surface area contributed by atoms with Gasteiger partial charge in [-0.25, -0.2) is 15.0 Å². The molecule has 3 heterocycles. The Kier molecular flexibility index (Phi) is 4.88. The van der Waals surface area contributed by atoms with E-state index in [0.29, 0.717) is 5.65 Å². The van der Waals surface area contributed by atoms with E-state index in [2.05, 4.69) is 54.4 Å². The third-order valence-electron chi connectivity index (χ3n) is 4.88. The highest BCUT2D eigenvalue weighted by Crippen LogP contribution is 2.19. The minimum absolute atomic E-state index is 0.690. The second kappa shape index (κ2) is 7.61. The van der Waals surface area contributed by atoms with E-state index in [4.69, 9.17) is 0 Å². The molecular formula is C19H24N6. The number of fused-ring (bicyclic) bond motifs is 1. The Balaban J connectivity index is 1.48. The molecule has 25 heavy (non-hydrogen) atoms. The summed E-state index contributed by atoms with van der Waals surface area (Å²) in [5.41, 5.74) is 4.26. The second-order valence-corrected chi connectivity index (χ2v) is 6.64. The standard InChI is InChI=1S/C19H24N6/c1-2-6-10-25(9-5-1)12-16-8-4-3-7-15(16)11-20-18-17-19(22-13-21-17)24-14-23-18/h3-4,7-8,13-14H,1-2,5-6,9-12H2,(H2,20,21,22,23,24). The fraction of sp³-hybridized carbons (Fsp3) is 0.421. The third kappa shape index (κ3) is 3.79. The predicted octanol–water partition coefficient (Wildman–Crippen LogP) is 3.34. The molecule has 0 unspecified atom stereocenters. The molecule has 1 aromatic carbocycles. The molecule has 2 N–H and O–H groups in total. The molecule has 3 aromatic rings. The van der Waals surface area contributed by atoms with Gasteiger partial charge in [0.05, 0.1) is 6.33 Å². The number of H-pyrrole nitrogens is 1. The van der Waals surface area contributed by atoms with E-state index in [0.717, 1.165) is 24.4 Å². The summed E-state index contributed by atoms with van der Waals surface area (Å²) < 4.78 is 0. The van der Waals surface area contributed by atoms with Crippen LogP contribution in [0, 0.1) is 0 Å². The Hall–Kier alpha value is -2.47. The summed E-state index contributed by atoms with van der Waals surface area (Å²) >= 11 is 0. The highest BCUT2D eigenvalue weighted by atomic mass is 15.1. The topological polar surface area (TPSA) is 69.7 Å². The first-order valence-electron chi connectivity index (χ1n) is 9.07. The van der Waals surface area contributed by atoms with Gasteiger partial charge in [-0.1, -0.05) is 37.1 Å². The summed E-state index contributed by atoms with van der Waals surface area (Å²) in [5.74, 6) is 0.798. The van der Waals surface area contributed by atoms with E-state index in [1.165, 1.54) is 49.9 Å². The molecule has 0 aliphatic carbocycles. The lowest BCUT2D eigenvalue weighted by molar-refractivity contribution is 0.276. The van der Waals surface area contributed by atoms with Crippen LogP contribution in [-0.4, -0.2) is 37.9 Å². The normalized spacial score (nSPS) is 16.0. The van der Waals surface area contributed by atoms with Crippen LogP contribution in [0.4, 0.5) is 5.82 Å². The molecule has 6 heteroatoms. The summed E-state index contributed by atoms with van der Waals surface area (Å²) in [6.07, 6.45) is 8.58. The Morgan fingerprint density at radius 2 is 1.76 bits per heavy atom. The molecule has 130 valence electrons. The average molecular weight is 336 g/mol. The Bertz CT molecular complexity index is 819. The van der Waals surface area contributed by atoms with Crippen LogP contribution in [0.3, 0.4) is 0 Å². The van der Waals surface area contributed by atoms with Crippen molar-refractivity contribution < 1.29 is 0 Å². The molecule has 0 saturated carbocycles. The van der Waals surface area contributed by atoms with Gasteiger partial charge < -0.3 is 10.3 Å². The average Bonchev–Trinajstić information content (AvgIpc) is 2.99. The maximum absolute atomic E-state index is 4.35. The smallest absolute Gasteiger partial charge is 0.182 e. The first kappa shape index (κ1) is 16.0. The molecule has 1 fully saturated rings. The quantitative estimate of drug-likeness (QED) is 0.748. The summed E-state index contributed by atoms with van der Waals surface area (Å²) in [6, 6.07) is 8.68. The molecular weight excluding hydrogens is 312 g/mol. The van der Waals surface area contributed by atoms with Gasteiger partial charge in [-0.3, -0.25) is 4.90 Å². The van der Waals surface area contributed by atoms with Crippen molar-refractivity contribution in [2.75, 3.05) is 18.4 Å². The zero-order valence-electron chi connectivity index (χ0n) is 14.4. The maximum Gasteiger partial charge on any atom is 0.182 e.